The fourth-order valence-corrected chi connectivity index (χ4v) is 2.19. The number of rotatable bonds is 7. The summed E-state index contributed by atoms with van der Waals surface area (Å²) < 4.78 is 15.3. The second kappa shape index (κ2) is 6.55. The van der Waals surface area contributed by atoms with Crippen molar-refractivity contribution in [1.29, 1.82) is 0 Å². The summed E-state index contributed by atoms with van der Waals surface area (Å²) in [4.78, 5) is 0. The van der Waals surface area contributed by atoms with Crippen molar-refractivity contribution in [2.24, 2.45) is 0 Å². The van der Waals surface area contributed by atoms with Gasteiger partial charge in [0.2, 0.25) is 0 Å². The quantitative estimate of drug-likeness (QED) is 0.741. The number of hydrogen-bond acceptors (Lipinski definition) is 1. The fourth-order valence-electron chi connectivity index (χ4n) is 2.19. The minimum absolute atomic E-state index is 0.160. The Morgan fingerprint density at radius 3 is 2.89 bits per heavy atom. The second-order valence-electron chi connectivity index (χ2n) is 4.67. The van der Waals surface area contributed by atoms with Crippen LogP contribution in [-0.2, 0) is 6.54 Å². The molecule has 0 spiro atoms. The van der Waals surface area contributed by atoms with Gasteiger partial charge in [-0.25, -0.2) is 4.39 Å². The Bertz CT molecular complexity index is 490. The first-order chi connectivity index (χ1) is 8.81. The van der Waals surface area contributed by atoms with Crippen molar-refractivity contribution < 1.29 is 4.39 Å². The molecule has 0 aliphatic rings. The number of aromatic nitrogens is 1. The van der Waals surface area contributed by atoms with Crippen LogP contribution < -0.4 is 5.32 Å². The van der Waals surface area contributed by atoms with Crippen LogP contribution in [0.1, 0.15) is 26.2 Å². The molecule has 98 valence electrons. The van der Waals surface area contributed by atoms with Crippen molar-refractivity contribution in [3.63, 3.8) is 0 Å². The summed E-state index contributed by atoms with van der Waals surface area (Å²) in [7, 11) is 0. The molecule has 2 rings (SSSR count). The fraction of sp³-hybridized carbons (Fsp3) is 0.467. The van der Waals surface area contributed by atoms with E-state index < -0.39 is 0 Å². The maximum atomic E-state index is 13.2. The molecule has 0 saturated carbocycles. The highest BCUT2D eigenvalue weighted by Crippen LogP contribution is 2.17. The van der Waals surface area contributed by atoms with Crippen LogP contribution in [0.15, 0.2) is 30.5 Å². The van der Waals surface area contributed by atoms with E-state index in [2.05, 4.69) is 16.8 Å². The molecule has 1 N–H and O–H groups in total. The molecule has 0 unspecified atom stereocenters. The van der Waals surface area contributed by atoms with Gasteiger partial charge in [0.05, 0.1) is 5.52 Å². The average molecular weight is 248 g/mol. The predicted octanol–water partition coefficient (Wildman–Crippen LogP) is 3.56. The van der Waals surface area contributed by atoms with Gasteiger partial charge in [-0.15, -0.1) is 0 Å². The number of fused-ring (bicyclic) bond motifs is 1. The Labute approximate surface area is 108 Å². The first-order valence-electron chi connectivity index (χ1n) is 6.76. The highest BCUT2D eigenvalue weighted by molar-refractivity contribution is 5.80. The zero-order valence-electron chi connectivity index (χ0n) is 11.0. The molecule has 0 bridgehead atoms. The molecule has 0 atom stereocenters. The maximum Gasteiger partial charge on any atom is 0.125 e. The molecule has 0 radical (unpaired) electrons. The highest BCUT2D eigenvalue weighted by atomic mass is 19.1. The van der Waals surface area contributed by atoms with E-state index in [-0.39, 0.29) is 5.82 Å². The van der Waals surface area contributed by atoms with Crippen molar-refractivity contribution in [2.45, 2.75) is 32.7 Å². The van der Waals surface area contributed by atoms with Gasteiger partial charge < -0.3 is 9.88 Å². The molecule has 0 aliphatic carbocycles. The Hall–Kier alpha value is -1.35. The average Bonchev–Trinajstić information content (AvgIpc) is 2.76. The van der Waals surface area contributed by atoms with E-state index in [1.165, 1.54) is 12.5 Å². The number of nitrogens with one attached hydrogen (secondary N) is 1. The lowest BCUT2D eigenvalue weighted by atomic mass is 10.2. The van der Waals surface area contributed by atoms with E-state index in [0.29, 0.717) is 0 Å². The number of hydrogen-bond donors (Lipinski definition) is 1. The summed E-state index contributed by atoms with van der Waals surface area (Å²) in [6, 6.07) is 7.01. The Kier molecular flexibility index (Phi) is 4.76. The van der Waals surface area contributed by atoms with Gasteiger partial charge in [0.25, 0.3) is 0 Å². The third-order valence-corrected chi connectivity index (χ3v) is 3.17. The Morgan fingerprint density at radius 1 is 1.17 bits per heavy atom. The van der Waals surface area contributed by atoms with Gasteiger partial charge >= 0.3 is 0 Å². The Balaban J connectivity index is 1.86. The molecule has 0 fully saturated rings. The molecule has 2 nitrogen and oxygen atoms in total. The predicted molar refractivity (Wildman–Crippen MR) is 74.3 cm³/mol. The molecule has 0 amide bonds. The number of aryl methyl sites for hydroxylation is 1. The molecular weight excluding hydrogens is 227 g/mol. The van der Waals surface area contributed by atoms with Crippen molar-refractivity contribution >= 4 is 10.9 Å². The number of benzene rings is 1. The molecule has 3 heteroatoms. The number of nitrogens with zero attached hydrogens (tertiary/aromatic N) is 1. The molecular formula is C15H21FN2. The van der Waals surface area contributed by atoms with Crippen molar-refractivity contribution in [1.82, 2.24) is 9.88 Å². The minimum Gasteiger partial charge on any atom is -0.347 e. The van der Waals surface area contributed by atoms with Gasteiger partial charge in [0.1, 0.15) is 5.82 Å². The minimum atomic E-state index is -0.160. The zero-order valence-corrected chi connectivity index (χ0v) is 11.0. The van der Waals surface area contributed by atoms with Crippen LogP contribution in [0.3, 0.4) is 0 Å². The number of unbranched alkanes of at least 4 members (excludes halogenated alkanes) is 1. The lowest BCUT2D eigenvalue weighted by Gasteiger charge is -2.06. The maximum absolute atomic E-state index is 13.2. The van der Waals surface area contributed by atoms with Crippen LogP contribution in [0.2, 0.25) is 0 Å². The molecule has 1 heterocycles. The van der Waals surface area contributed by atoms with Crippen LogP contribution in [0.5, 0.6) is 0 Å². The van der Waals surface area contributed by atoms with Crippen molar-refractivity contribution in [3.8, 4) is 0 Å². The third-order valence-electron chi connectivity index (χ3n) is 3.17. The lowest BCUT2D eigenvalue weighted by molar-refractivity contribution is 0.573. The molecule has 0 aliphatic heterocycles. The first kappa shape index (κ1) is 13.1. The van der Waals surface area contributed by atoms with E-state index in [1.54, 1.807) is 6.07 Å². The third kappa shape index (κ3) is 3.33. The summed E-state index contributed by atoms with van der Waals surface area (Å²) in [5.74, 6) is -0.160. The van der Waals surface area contributed by atoms with Gasteiger partial charge in [-0.3, -0.25) is 0 Å². The summed E-state index contributed by atoms with van der Waals surface area (Å²) >= 11 is 0. The van der Waals surface area contributed by atoms with Crippen LogP contribution in [-0.4, -0.2) is 17.7 Å². The van der Waals surface area contributed by atoms with Gasteiger partial charge in [0.15, 0.2) is 0 Å². The van der Waals surface area contributed by atoms with Crippen LogP contribution in [0.4, 0.5) is 4.39 Å². The molecule has 18 heavy (non-hydrogen) atoms. The van der Waals surface area contributed by atoms with Crippen LogP contribution in [0.25, 0.3) is 10.9 Å². The van der Waals surface area contributed by atoms with Crippen LogP contribution in [0, 0.1) is 5.82 Å². The topological polar surface area (TPSA) is 17.0 Å². The van der Waals surface area contributed by atoms with E-state index in [1.807, 2.05) is 18.3 Å². The number of halogens is 1. The SMILES string of the molecule is CCCNCCCCn1ccc2ccc(F)cc21. The summed E-state index contributed by atoms with van der Waals surface area (Å²) in [5, 5.41) is 4.50. The van der Waals surface area contributed by atoms with E-state index in [9.17, 15) is 4.39 Å². The van der Waals surface area contributed by atoms with E-state index in [4.69, 9.17) is 0 Å². The van der Waals surface area contributed by atoms with Crippen molar-refractivity contribution in [3.05, 3.63) is 36.3 Å². The van der Waals surface area contributed by atoms with E-state index >= 15 is 0 Å². The molecule has 1 aromatic heterocycles. The van der Waals surface area contributed by atoms with E-state index in [0.717, 1.165) is 43.4 Å². The summed E-state index contributed by atoms with van der Waals surface area (Å²) in [5.41, 5.74) is 0.997. The normalized spacial score (nSPS) is 11.2. The molecule has 0 saturated heterocycles. The highest BCUT2D eigenvalue weighted by Gasteiger charge is 2.01. The second-order valence-corrected chi connectivity index (χ2v) is 4.67. The Morgan fingerprint density at radius 2 is 2.06 bits per heavy atom. The monoisotopic (exact) mass is 248 g/mol. The van der Waals surface area contributed by atoms with Crippen LogP contribution >= 0.6 is 0 Å². The van der Waals surface area contributed by atoms with Gasteiger partial charge in [-0.05, 0) is 62.0 Å². The summed E-state index contributed by atoms with van der Waals surface area (Å²) in [6.07, 6.45) is 5.51. The van der Waals surface area contributed by atoms with Gasteiger partial charge in [0, 0.05) is 12.7 Å². The smallest absolute Gasteiger partial charge is 0.125 e. The molecule has 2 aromatic rings. The van der Waals surface area contributed by atoms with Gasteiger partial charge in [-0.2, -0.15) is 0 Å². The largest absolute Gasteiger partial charge is 0.347 e. The van der Waals surface area contributed by atoms with Crippen molar-refractivity contribution in [2.75, 3.05) is 13.1 Å². The van der Waals surface area contributed by atoms with Gasteiger partial charge in [-0.1, -0.05) is 6.92 Å². The lowest BCUT2D eigenvalue weighted by Crippen LogP contribution is -2.16. The first-order valence-corrected chi connectivity index (χ1v) is 6.76. The molecule has 1 aromatic carbocycles. The summed E-state index contributed by atoms with van der Waals surface area (Å²) in [6.45, 7) is 5.30. The standard InChI is InChI=1S/C15H21FN2/c1-2-8-17-9-3-4-10-18-11-7-13-5-6-14(16)12-15(13)18/h5-7,11-12,17H,2-4,8-10H2,1H3. The zero-order chi connectivity index (χ0) is 12.8.